The molecule has 29 heavy (non-hydrogen) atoms. The summed E-state index contributed by atoms with van der Waals surface area (Å²) in [5.41, 5.74) is -0.187. The maximum Gasteiger partial charge on any atom is 0.303 e. The van der Waals surface area contributed by atoms with E-state index in [2.05, 4.69) is 20.8 Å². The molecule has 166 valence electrons. The van der Waals surface area contributed by atoms with Crippen LogP contribution in [-0.4, -0.2) is 44.7 Å². The average Bonchev–Trinajstić information content (AvgIpc) is 3.02. The monoisotopic (exact) mass is 408 g/mol. The smallest absolute Gasteiger partial charge is 0.303 e. The number of hydrogen-bond donors (Lipinski definition) is 4. The van der Waals surface area contributed by atoms with Crippen LogP contribution in [0.2, 0.25) is 0 Å². The van der Waals surface area contributed by atoms with E-state index in [0.29, 0.717) is 36.5 Å². The first-order chi connectivity index (χ1) is 13.6. The third-order valence-electron chi connectivity index (χ3n) is 10.3. The predicted molar refractivity (Wildman–Crippen MR) is 110 cm³/mol. The minimum absolute atomic E-state index is 0.00309. The Balaban J connectivity index is 1.60. The van der Waals surface area contributed by atoms with E-state index >= 15 is 0 Å². The molecule has 0 heterocycles. The first kappa shape index (κ1) is 21.6. The molecule has 4 N–H and O–H groups in total. The lowest BCUT2D eigenvalue weighted by Crippen LogP contribution is -2.61. The number of fused-ring (bicyclic) bond motifs is 5. The Morgan fingerprint density at radius 2 is 1.72 bits per heavy atom. The van der Waals surface area contributed by atoms with Gasteiger partial charge in [0.05, 0.1) is 18.3 Å². The van der Waals surface area contributed by atoms with Crippen LogP contribution in [0, 0.1) is 46.3 Å². The summed E-state index contributed by atoms with van der Waals surface area (Å²) in [6.45, 7) is 6.72. The van der Waals surface area contributed by atoms with Gasteiger partial charge >= 0.3 is 5.97 Å². The highest BCUT2D eigenvalue weighted by Gasteiger charge is 2.65. The first-order valence-electron chi connectivity index (χ1n) is 11.8. The van der Waals surface area contributed by atoms with Crippen molar-refractivity contribution in [1.82, 2.24) is 0 Å². The highest BCUT2D eigenvalue weighted by Crippen LogP contribution is 2.68. The fourth-order valence-electron chi connectivity index (χ4n) is 8.76. The van der Waals surface area contributed by atoms with Crippen molar-refractivity contribution in [3.63, 3.8) is 0 Å². The van der Waals surface area contributed by atoms with Crippen LogP contribution in [0.15, 0.2) is 0 Å². The van der Waals surface area contributed by atoms with Gasteiger partial charge in [-0.1, -0.05) is 20.8 Å². The van der Waals surface area contributed by atoms with Crippen LogP contribution in [-0.2, 0) is 4.79 Å². The van der Waals surface area contributed by atoms with Gasteiger partial charge in [-0.25, -0.2) is 0 Å². The number of aliphatic carboxylic acids is 1. The molecule has 4 rings (SSSR count). The minimum atomic E-state index is -0.741. The summed E-state index contributed by atoms with van der Waals surface area (Å²) in [5, 5.41) is 41.8. The highest BCUT2D eigenvalue weighted by molar-refractivity contribution is 5.66. The van der Waals surface area contributed by atoms with Gasteiger partial charge in [-0.2, -0.15) is 0 Å². The summed E-state index contributed by atoms with van der Waals surface area (Å²) in [4.78, 5) is 11.1. The number of hydrogen-bond acceptors (Lipinski definition) is 4. The van der Waals surface area contributed by atoms with Crippen LogP contribution < -0.4 is 0 Å². The molecule has 0 aromatic carbocycles. The van der Waals surface area contributed by atoms with Gasteiger partial charge in [-0.15, -0.1) is 0 Å². The van der Waals surface area contributed by atoms with Gasteiger partial charge in [0.15, 0.2) is 0 Å². The van der Waals surface area contributed by atoms with Crippen LogP contribution in [0.25, 0.3) is 0 Å². The molecule has 0 spiro atoms. The van der Waals surface area contributed by atoms with Crippen molar-refractivity contribution in [3.8, 4) is 0 Å². The van der Waals surface area contributed by atoms with Gasteiger partial charge in [0.1, 0.15) is 0 Å². The van der Waals surface area contributed by atoms with Gasteiger partial charge in [0, 0.05) is 6.42 Å². The van der Waals surface area contributed by atoms with Crippen LogP contribution in [0.4, 0.5) is 0 Å². The van der Waals surface area contributed by atoms with E-state index < -0.39 is 5.97 Å². The molecular weight excluding hydrogens is 368 g/mol. The van der Waals surface area contributed by atoms with Crippen molar-refractivity contribution in [1.29, 1.82) is 0 Å². The van der Waals surface area contributed by atoms with E-state index in [4.69, 9.17) is 5.11 Å². The first-order valence-corrected chi connectivity index (χ1v) is 11.8. The van der Waals surface area contributed by atoms with Crippen LogP contribution in [0.3, 0.4) is 0 Å². The molecule has 4 fully saturated rings. The number of carboxylic acids is 1. The molecule has 0 radical (unpaired) electrons. The zero-order valence-corrected chi connectivity index (χ0v) is 18.3. The highest BCUT2D eigenvalue weighted by atomic mass is 16.4. The molecule has 4 aliphatic rings. The predicted octanol–water partition coefficient (Wildman–Crippen LogP) is 3.45. The average molecular weight is 409 g/mol. The van der Waals surface area contributed by atoms with E-state index in [1.807, 2.05) is 0 Å². The summed E-state index contributed by atoms with van der Waals surface area (Å²) in [7, 11) is 0. The van der Waals surface area contributed by atoms with Crippen molar-refractivity contribution >= 4 is 5.97 Å². The van der Waals surface area contributed by atoms with Crippen molar-refractivity contribution in [2.45, 2.75) is 96.9 Å². The van der Waals surface area contributed by atoms with E-state index in [-0.39, 0.29) is 47.4 Å². The number of aliphatic hydroxyl groups is 3. The van der Waals surface area contributed by atoms with Crippen LogP contribution >= 0.6 is 0 Å². The SMILES string of the molecule is C[C@H](CCC(=O)O)[C@H]1CC[C@H]2C3C[C@H](O)C4C[C@H](O)CCC4(C)[C@H]3C[C@H](O)C12C. The number of carbonyl (C=O) groups is 1. The normalized spacial score (nSPS) is 52.9. The summed E-state index contributed by atoms with van der Waals surface area (Å²) in [6.07, 6.45) is 5.97. The maximum atomic E-state index is 11.5. The number of aliphatic hydroxyl groups excluding tert-OH is 3. The Bertz CT molecular complexity index is 637. The fraction of sp³-hybridized carbons (Fsp3) is 0.958. The Kier molecular flexibility index (Phi) is 5.57. The third kappa shape index (κ3) is 3.27. The van der Waals surface area contributed by atoms with Crippen molar-refractivity contribution in [2.75, 3.05) is 0 Å². The molecule has 4 aliphatic carbocycles. The Morgan fingerprint density at radius 3 is 2.41 bits per heavy atom. The van der Waals surface area contributed by atoms with Crippen molar-refractivity contribution < 1.29 is 25.2 Å². The van der Waals surface area contributed by atoms with Crippen molar-refractivity contribution in [3.05, 3.63) is 0 Å². The van der Waals surface area contributed by atoms with Gasteiger partial charge in [0.25, 0.3) is 0 Å². The van der Waals surface area contributed by atoms with Crippen LogP contribution in [0.1, 0.15) is 78.6 Å². The largest absolute Gasteiger partial charge is 0.481 e. The molecule has 0 bridgehead atoms. The van der Waals surface area contributed by atoms with Gasteiger partial charge < -0.3 is 20.4 Å². The molecule has 0 aliphatic heterocycles. The molecule has 0 amide bonds. The maximum absolute atomic E-state index is 11.5. The van der Waals surface area contributed by atoms with E-state index in [1.54, 1.807) is 0 Å². The molecule has 0 aromatic rings. The Labute approximate surface area is 174 Å². The zero-order valence-electron chi connectivity index (χ0n) is 18.3. The molecule has 5 nitrogen and oxygen atoms in total. The second-order valence-corrected chi connectivity index (χ2v) is 11.4. The van der Waals surface area contributed by atoms with Crippen LogP contribution in [0.5, 0.6) is 0 Å². The van der Waals surface area contributed by atoms with Crippen molar-refractivity contribution in [2.24, 2.45) is 46.3 Å². The van der Waals surface area contributed by atoms with E-state index in [1.165, 1.54) is 0 Å². The number of carboxylic acid groups (broad SMARTS) is 1. The standard InChI is InChI=1S/C24H40O5/c1-13(4-7-22(28)29)16-5-6-17-15-11-20(26)19-10-14(25)8-9-23(19,2)18(15)12-21(27)24(16,17)3/h13-21,25-27H,4-12H2,1-3H3,(H,28,29)/t13-,14-,15?,16-,17+,18+,19?,20+,21+,23?,24?/m1/s1. The lowest BCUT2D eigenvalue weighted by Gasteiger charge is -2.63. The van der Waals surface area contributed by atoms with Gasteiger partial charge in [-0.05, 0) is 97.7 Å². The Morgan fingerprint density at radius 1 is 1.00 bits per heavy atom. The second-order valence-electron chi connectivity index (χ2n) is 11.4. The van der Waals surface area contributed by atoms with Gasteiger partial charge in [0.2, 0.25) is 0 Å². The fourth-order valence-corrected chi connectivity index (χ4v) is 8.76. The Hall–Kier alpha value is -0.650. The molecule has 11 atom stereocenters. The lowest BCUT2D eigenvalue weighted by atomic mass is 9.43. The molecule has 0 saturated heterocycles. The molecule has 0 aromatic heterocycles. The second kappa shape index (κ2) is 7.49. The minimum Gasteiger partial charge on any atom is -0.481 e. The molecule has 5 heteroatoms. The van der Waals surface area contributed by atoms with Gasteiger partial charge in [-0.3, -0.25) is 4.79 Å². The summed E-state index contributed by atoms with van der Waals surface area (Å²) in [6, 6.07) is 0. The lowest BCUT2D eigenvalue weighted by molar-refractivity contribution is -0.202. The number of rotatable bonds is 4. The summed E-state index contributed by atoms with van der Waals surface area (Å²) in [5.74, 6) is 1.25. The quantitative estimate of drug-likeness (QED) is 0.571. The third-order valence-corrected chi connectivity index (χ3v) is 10.3. The summed E-state index contributed by atoms with van der Waals surface area (Å²) >= 11 is 0. The van der Waals surface area contributed by atoms with E-state index in [9.17, 15) is 20.1 Å². The molecular formula is C24H40O5. The summed E-state index contributed by atoms with van der Waals surface area (Å²) < 4.78 is 0. The zero-order chi connectivity index (χ0) is 21.1. The molecule has 4 saturated carbocycles. The van der Waals surface area contributed by atoms with E-state index in [0.717, 1.165) is 38.5 Å². The molecule has 4 unspecified atom stereocenters. The topological polar surface area (TPSA) is 98.0 Å².